The fourth-order valence-electron chi connectivity index (χ4n) is 2.68. The first-order chi connectivity index (χ1) is 4.38. The third-order valence-corrected chi connectivity index (χ3v) is 3.48. The first-order valence-corrected chi connectivity index (χ1v) is 4.06. The van der Waals surface area contributed by atoms with E-state index in [1.165, 1.54) is 6.42 Å². The highest BCUT2D eigenvalue weighted by atomic mass is 14.6. The van der Waals surface area contributed by atoms with E-state index in [2.05, 4.69) is 19.1 Å². The Balaban J connectivity index is 1.97. The number of rotatable bonds is 0. The smallest absolute Gasteiger partial charge is 0.0171 e. The molecule has 0 radical (unpaired) electrons. The largest absolute Gasteiger partial charge is 0.0848 e. The average molecular weight is 120 g/mol. The van der Waals surface area contributed by atoms with E-state index in [9.17, 15) is 0 Å². The summed E-state index contributed by atoms with van der Waals surface area (Å²) in [6.07, 6.45) is 6.43. The Morgan fingerprint density at radius 3 is 3.00 bits per heavy atom. The van der Waals surface area contributed by atoms with Gasteiger partial charge in [0, 0.05) is 0 Å². The summed E-state index contributed by atoms with van der Waals surface area (Å²) in [5, 5.41) is 0. The van der Waals surface area contributed by atoms with Gasteiger partial charge in [0.15, 0.2) is 0 Å². The van der Waals surface area contributed by atoms with Crippen molar-refractivity contribution in [3.05, 3.63) is 12.2 Å². The summed E-state index contributed by atoms with van der Waals surface area (Å²) in [7, 11) is 0. The van der Waals surface area contributed by atoms with Crippen molar-refractivity contribution in [1.82, 2.24) is 0 Å². The lowest BCUT2D eigenvalue weighted by Crippen LogP contribution is -1.89. The number of allylic oxidation sites excluding steroid dienone is 2. The molecule has 0 amide bonds. The Bertz CT molecular complexity index is 180. The second-order valence-corrected chi connectivity index (χ2v) is 3.96. The quantitative estimate of drug-likeness (QED) is 0.429. The fraction of sp³-hybridized carbons (Fsp3) is 0.778. The van der Waals surface area contributed by atoms with E-state index in [1.807, 2.05) is 0 Å². The molecule has 4 unspecified atom stereocenters. The summed E-state index contributed by atoms with van der Waals surface area (Å²) in [6, 6.07) is 0. The minimum absolute atomic E-state index is 1.01. The summed E-state index contributed by atoms with van der Waals surface area (Å²) in [4.78, 5) is 0. The molecule has 0 nitrogen and oxygen atoms in total. The molecule has 0 aliphatic heterocycles. The molecule has 0 aromatic carbocycles. The third-order valence-electron chi connectivity index (χ3n) is 3.48. The maximum atomic E-state index is 2.46. The molecule has 0 bridgehead atoms. The van der Waals surface area contributed by atoms with E-state index < -0.39 is 0 Å². The normalized spacial score (nSPS) is 66.6. The maximum absolute atomic E-state index is 2.46. The highest BCUT2D eigenvalue weighted by molar-refractivity contribution is 5.22. The van der Waals surface area contributed by atoms with Crippen LogP contribution in [0.4, 0.5) is 0 Å². The van der Waals surface area contributed by atoms with Crippen molar-refractivity contribution in [3.8, 4) is 0 Å². The Morgan fingerprint density at radius 1 is 1.33 bits per heavy atom. The van der Waals surface area contributed by atoms with Crippen molar-refractivity contribution >= 4 is 0 Å². The summed E-state index contributed by atoms with van der Waals surface area (Å²) in [6.45, 7) is 2.40. The van der Waals surface area contributed by atoms with Crippen LogP contribution >= 0.6 is 0 Å². The zero-order chi connectivity index (χ0) is 6.01. The van der Waals surface area contributed by atoms with Crippen molar-refractivity contribution in [2.45, 2.75) is 13.3 Å². The molecule has 0 spiro atoms. The summed E-state index contributed by atoms with van der Waals surface area (Å²) in [5.74, 6) is 5.33. The molecule has 2 fully saturated rings. The summed E-state index contributed by atoms with van der Waals surface area (Å²) >= 11 is 0. The van der Waals surface area contributed by atoms with Crippen molar-refractivity contribution in [3.63, 3.8) is 0 Å². The van der Waals surface area contributed by atoms with Gasteiger partial charge in [-0.2, -0.15) is 0 Å². The maximum Gasteiger partial charge on any atom is -0.0171 e. The SMILES string of the molecule is C[C@@H]1C2C=CC3CC3C21. The van der Waals surface area contributed by atoms with Crippen molar-refractivity contribution < 1.29 is 0 Å². The lowest BCUT2D eigenvalue weighted by Gasteiger charge is -1.96. The van der Waals surface area contributed by atoms with Gasteiger partial charge < -0.3 is 0 Å². The predicted octanol–water partition coefficient (Wildman–Crippen LogP) is 2.07. The minimum atomic E-state index is 1.01. The van der Waals surface area contributed by atoms with Crippen molar-refractivity contribution in [2.75, 3.05) is 0 Å². The van der Waals surface area contributed by atoms with Gasteiger partial charge in [0.25, 0.3) is 0 Å². The summed E-state index contributed by atoms with van der Waals surface area (Å²) in [5.41, 5.74) is 0. The molecule has 3 rings (SSSR count). The molecule has 0 heterocycles. The highest BCUT2D eigenvalue weighted by Gasteiger charge is 2.59. The topological polar surface area (TPSA) is 0 Å². The van der Waals surface area contributed by atoms with Gasteiger partial charge in [-0.3, -0.25) is 0 Å². The second-order valence-electron chi connectivity index (χ2n) is 3.96. The van der Waals surface area contributed by atoms with Crippen LogP contribution in [-0.2, 0) is 0 Å². The van der Waals surface area contributed by atoms with Crippen LogP contribution in [0.5, 0.6) is 0 Å². The molecule has 0 aromatic rings. The lowest BCUT2D eigenvalue weighted by molar-refractivity contribution is 0.609. The molecule has 9 heavy (non-hydrogen) atoms. The number of hydrogen-bond donors (Lipinski definition) is 0. The number of hydrogen-bond acceptors (Lipinski definition) is 0. The first-order valence-electron chi connectivity index (χ1n) is 4.06. The molecule has 0 aromatic heterocycles. The molecule has 0 N–H and O–H groups in total. The Labute approximate surface area is 56.0 Å². The van der Waals surface area contributed by atoms with Crippen LogP contribution in [0.25, 0.3) is 0 Å². The molecule has 3 aliphatic rings. The van der Waals surface area contributed by atoms with Crippen LogP contribution in [0.1, 0.15) is 13.3 Å². The van der Waals surface area contributed by atoms with Crippen LogP contribution in [-0.4, -0.2) is 0 Å². The van der Waals surface area contributed by atoms with Crippen molar-refractivity contribution in [2.24, 2.45) is 29.6 Å². The van der Waals surface area contributed by atoms with Crippen LogP contribution in [0.2, 0.25) is 0 Å². The van der Waals surface area contributed by atoms with Gasteiger partial charge in [0.05, 0.1) is 0 Å². The van der Waals surface area contributed by atoms with Gasteiger partial charge >= 0.3 is 0 Å². The molecule has 2 saturated carbocycles. The Hall–Kier alpha value is -0.260. The van der Waals surface area contributed by atoms with Gasteiger partial charge in [-0.05, 0) is 36.0 Å². The van der Waals surface area contributed by atoms with E-state index >= 15 is 0 Å². The first kappa shape index (κ1) is 4.54. The third kappa shape index (κ3) is 0.417. The zero-order valence-corrected chi connectivity index (χ0v) is 5.75. The molecule has 0 saturated heterocycles. The van der Waals surface area contributed by atoms with Gasteiger partial charge in [-0.25, -0.2) is 0 Å². The molecular weight excluding hydrogens is 108 g/mol. The van der Waals surface area contributed by atoms with E-state index in [1.54, 1.807) is 0 Å². The standard InChI is InChI=1S/C9H12/c1-5-7-3-2-6-4-8(6)9(5)7/h2-3,5-9H,4H2,1H3/t5-,6?,7?,8?,9?/m1/s1. The van der Waals surface area contributed by atoms with E-state index in [4.69, 9.17) is 0 Å². The van der Waals surface area contributed by atoms with Gasteiger partial charge in [-0.1, -0.05) is 19.1 Å². The number of fused-ring (bicyclic) bond motifs is 3. The van der Waals surface area contributed by atoms with Crippen LogP contribution in [0.15, 0.2) is 12.2 Å². The molecular formula is C9H12. The van der Waals surface area contributed by atoms with E-state index in [-0.39, 0.29) is 0 Å². The monoisotopic (exact) mass is 120 g/mol. The average Bonchev–Trinajstić information content (AvgIpc) is 2.64. The Morgan fingerprint density at radius 2 is 2.22 bits per heavy atom. The molecule has 0 heteroatoms. The lowest BCUT2D eigenvalue weighted by atomic mass is 10.1. The van der Waals surface area contributed by atoms with Crippen LogP contribution in [0.3, 0.4) is 0 Å². The van der Waals surface area contributed by atoms with Gasteiger partial charge in [-0.15, -0.1) is 0 Å². The van der Waals surface area contributed by atoms with Gasteiger partial charge in [0.2, 0.25) is 0 Å². The van der Waals surface area contributed by atoms with Crippen LogP contribution < -0.4 is 0 Å². The molecule has 48 valence electrons. The predicted molar refractivity (Wildman–Crippen MR) is 36.9 cm³/mol. The zero-order valence-electron chi connectivity index (χ0n) is 5.75. The van der Waals surface area contributed by atoms with Crippen molar-refractivity contribution in [1.29, 1.82) is 0 Å². The van der Waals surface area contributed by atoms with Gasteiger partial charge in [0.1, 0.15) is 0 Å². The second kappa shape index (κ2) is 1.12. The fourth-order valence-corrected chi connectivity index (χ4v) is 2.68. The van der Waals surface area contributed by atoms with E-state index in [0.717, 1.165) is 29.6 Å². The van der Waals surface area contributed by atoms with Crippen LogP contribution in [0, 0.1) is 29.6 Å². The minimum Gasteiger partial charge on any atom is -0.0848 e. The molecule has 5 atom stereocenters. The summed E-state index contributed by atoms with van der Waals surface area (Å²) < 4.78 is 0. The molecule has 3 aliphatic carbocycles. The Kier molecular flexibility index (Phi) is 0.564. The highest BCUT2D eigenvalue weighted by Crippen LogP contribution is 2.65. The van der Waals surface area contributed by atoms with E-state index in [0.29, 0.717) is 0 Å².